The van der Waals surface area contributed by atoms with Crippen LogP contribution < -0.4 is 0 Å². The molecule has 27 heavy (non-hydrogen) atoms. The van der Waals surface area contributed by atoms with Crippen molar-refractivity contribution in [3.8, 4) is 0 Å². The molecule has 0 bridgehead atoms. The molecule has 2 aromatic carbocycles. The molecule has 0 aliphatic heterocycles. The van der Waals surface area contributed by atoms with Crippen LogP contribution in [0.1, 0.15) is 49.2 Å². The summed E-state index contributed by atoms with van der Waals surface area (Å²) >= 11 is 0. The Labute approximate surface area is 163 Å². The van der Waals surface area contributed by atoms with Crippen LogP contribution in [0, 0.1) is 0 Å². The highest BCUT2D eigenvalue weighted by Crippen LogP contribution is 2.28. The Morgan fingerprint density at radius 2 is 1.44 bits per heavy atom. The van der Waals surface area contributed by atoms with Gasteiger partial charge in [0, 0.05) is 6.42 Å². The van der Waals surface area contributed by atoms with E-state index >= 15 is 0 Å². The van der Waals surface area contributed by atoms with Crippen molar-refractivity contribution in [1.82, 2.24) is 0 Å². The molecular weight excluding hydrogens is 356 g/mol. The third kappa shape index (κ3) is 6.31. The van der Waals surface area contributed by atoms with Crippen LogP contribution in [0.25, 0.3) is 0 Å². The van der Waals surface area contributed by atoms with Crippen molar-refractivity contribution in [3.63, 3.8) is 0 Å². The standard InChI is InChI=1S/C22H30O4Si/c1-4-27(5-2,6-3)26-25-21(19-13-9-7-10-14-19)17-18-24-22(23)20-15-11-8-12-16-20/h7-16,21H,4-6,17-18H2,1-3H3. The van der Waals surface area contributed by atoms with Crippen molar-refractivity contribution < 1.29 is 19.0 Å². The van der Waals surface area contributed by atoms with Gasteiger partial charge in [-0.1, -0.05) is 69.3 Å². The lowest BCUT2D eigenvalue weighted by Gasteiger charge is -2.29. The summed E-state index contributed by atoms with van der Waals surface area (Å²) < 4.78 is 11.5. The molecule has 0 N–H and O–H groups in total. The summed E-state index contributed by atoms with van der Waals surface area (Å²) in [7, 11) is -1.86. The van der Waals surface area contributed by atoms with Gasteiger partial charge in [-0.3, -0.25) is 4.58 Å². The van der Waals surface area contributed by atoms with Crippen molar-refractivity contribution in [3.05, 3.63) is 71.8 Å². The van der Waals surface area contributed by atoms with Gasteiger partial charge in [-0.05, 0) is 35.8 Å². The Morgan fingerprint density at radius 3 is 2.00 bits per heavy atom. The lowest BCUT2D eigenvalue weighted by Crippen LogP contribution is -2.36. The van der Waals surface area contributed by atoms with E-state index in [2.05, 4.69) is 20.8 Å². The minimum absolute atomic E-state index is 0.258. The van der Waals surface area contributed by atoms with Gasteiger partial charge in [-0.25, -0.2) is 9.68 Å². The van der Waals surface area contributed by atoms with Gasteiger partial charge < -0.3 is 4.74 Å². The minimum Gasteiger partial charge on any atom is -0.462 e. The van der Waals surface area contributed by atoms with Gasteiger partial charge in [-0.15, -0.1) is 0 Å². The van der Waals surface area contributed by atoms with Crippen molar-refractivity contribution >= 4 is 14.3 Å². The Hall–Kier alpha value is -1.95. The number of carbonyl (C=O) groups excluding carboxylic acids is 1. The average Bonchev–Trinajstić information content (AvgIpc) is 2.74. The summed E-state index contributed by atoms with van der Waals surface area (Å²) in [6.45, 7) is 6.78. The monoisotopic (exact) mass is 386 g/mol. The second-order valence-corrected chi connectivity index (χ2v) is 11.3. The van der Waals surface area contributed by atoms with E-state index in [4.69, 9.17) is 14.2 Å². The summed E-state index contributed by atoms with van der Waals surface area (Å²) in [6, 6.07) is 22.0. The molecule has 2 rings (SSSR count). The van der Waals surface area contributed by atoms with Crippen molar-refractivity contribution in [1.29, 1.82) is 0 Å². The molecule has 146 valence electrons. The fourth-order valence-electron chi connectivity index (χ4n) is 2.94. The zero-order valence-corrected chi connectivity index (χ0v) is 17.5. The predicted molar refractivity (Wildman–Crippen MR) is 110 cm³/mol. The maximum absolute atomic E-state index is 12.1. The molecule has 0 fully saturated rings. The van der Waals surface area contributed by atoms with Crippen LogP contribution in [-0.2, 0) is 14.2 Å². The second kappa shape index (κ2) is 11.0. The molecule has 0 saturated heterocycles. The van der Waals surface area contributed by atoms with Crippen molar-refractivity contribution in [2.75, 3.05) is 6.61 Å². The average molecular weight is 387 g/mol. The van der Waals surface area contributed by atoms with E-state index in [0.717, 1.165) is 23.7 Å². The Bertz CT molecular complexity index is 663. The van der Waals surface area contributed by atoms with Crippen LogP contribution in [0.15, 0.2) is 60.7 Å². The van der Waals surface area contributed by atoms with Gasteiger partial charge in [0.15, 0.2) is 0 Å². The van der Waals surface area contributed by atoms with Crippen molar-refractivity contribution in [2.45, 2.75) is 51.4 Å². The predicted octanol–water partition coefficient (Wildman–Crippen LogP) is 5.93. The molecule has 2 aromatic rings. The fourth-order valence-corrected chi connectivity index (χ4v) is 5.12. The molecule has 0 radical (unpaired) electrons. The number of rotatable bonds is 11. The van der Waals surface area contributed by atoms with E-state index < -0.39 is 8.32 Å². The van der Waals surface area contributed by atoms with Crippen LogP contribution in [0.5, 0.6) is 0 Å². The molecule has 4 nitrogen and oxygen atoms in total. The molecule has 0 aliphatic carbocycles. The Balaban J connectivity index is 1.98. The van der Waals surface area contributed by atoms with Crippen LogP contribution in [0.2, 0.25) is 18.1 Å². The van der Waals surface area contributed by atoms with Gasteiger partial charge >= 0.3 is 5.97 Å². The first-order chi connectivity index (χ1) is 13.1. The first-order valence-electron chi connectivity index (χ1n) is 9.75. The first-order valence-corrected chi connectivity index (χ1v) is 12.3. The lowest BCUT2D eigenvalue weighted by molar-refractivity contribution is -0.263. The van der Waals surface area contributed by atoms with E-state index in [9.17, 15) is 4.79 Å². The second-order valence-electron chi connectivity index (χ2n) is 6.61. The summed E-state index contributed by atoms with van der Waals surface area (Å²) in [5.74, 6) is -0.317. The molecule has 0 aliphatic rings. The topological polar surface area (TPSA) is 44.8 Å². The Morgan fingerprint density at radius 1 is 0.889 bits per heavy atom. The largest absolute Gasteiger partial charge is 0.462 e. The summed E-state index contributed by atoms with van der Waals surface area (Å²) in [5.41, 5.74) is 1.58. The normalized spacial score (nSPS) is 12.6. The molecule has 0 saturated carbocycles. The minimum atomic E-state index is -1.86. The SMILES string of the molecule is CC[Si](CC)(CC)OOC(CCOC(=O)c1ccccc1)c1ccccc1. The van der Waals surface area contributed by atoms with E-state index in [0.29, 0.717) is 12.0 Å². The highest BCUT2D eigenvalue weighted by molar-refractivity contribution is 6.73. The number of carbonyl (C=O) groups is 1. The molecule has 5 heteroatoms. The zero-order valence-electron chi connectivity index (χ0n) is 16.5. The molecule has 0 spiro atoms. The van der Waals surface area contributed by atoms with E-state index in [1.807, 2.05) is 48.5 Å². The number of hydrogen-bond acceptors (Lipinski definition) is 4. The van der Waals surface area contributed by atoms with Crippen LogP contribution in [-0.4, -0.2) is 20.9 Å². The van der Waals surface area contributed by atoms with Gasteiger partial charge in [-0.2, -0.15) is 0 Å². The highest BCUT2D eigenvalue weighted by Gasteiger charge is 2.32. The third-order valence-corrected chi connectivity index (χ3v) is 9.38. The Kier molecular flexibility index (Phi) is 8.71. The van der Waals surface area contributed by atoms with Gasteiger partial charge in [0.2, 0.25) is 8.32 Å². The third-order valence-electron chi connectivity index (χ3n) is 5.07. The maximum Gasteiger partial charge on any atom is 0.338 e. The number of ether oxygens (including phenoxy) is 1. The molecule has 0 aromatic heterocycles. The molecular formula is C22H30O4Si. The van der Waals surface area contributed by atoms with Crippen LogP contribution >= 0.6 is 0 Å². The van der Waals surface area contributed by atoms with Gasteiger partial charge in [0.25, 0.3) is 0 Å². The van der Waals surface area contributed by atoms with Gasteiger partial charge in [0.05, 0.1) is 12.2 Å². The molecule has 0 heterocycles. The number of benzene rings is 2. The quantitative estimate of drug-likeness (QED) is 0.208. The summed E-state index contributed by atoms with van der Waals surface area (Å²) in [6.07, 6.45) is 0.288. The van der Waals surface area contributed by atoms with Crippen LogP contribution in [0.4, 0.5) is 0 Å². The highest BCUT2D eigenvalue weighted by atomic mass is 28.4. The molecule has 1 atom stereocenters. The summed E-state index contributed by atoms with van der Waals surface area (Å²) in [5, 5.41) is 0. The lowest BCUT2D eigenvalue weighted by atomic mass is 10.1. The number of hydrogen-bond donors (Lipinski definition) is 0. The smallest absolute Gasteiger partial charge is 0.338 e. The zero-order chi connectivity index (χ0) is 19.5. The fraction of sp³-hybridized carbons (Fsp3) is 0.409. The maximum atomic E-state index is 12.1. The van der Waals surface area contributed by atoms with E-state index in [1.54, 1.807) is 12.1 Å². The van der Waals surface area contributed by atoms with Gasteiger partial charge in [0.1, 0.15) is 6.10 Å². The molecule has 0 amide bonds. The van der Waals surface area contributed by atoms with Crippen LogP contribution in [0.3, 0.4) is 0 Å². The number of esters is 1. The molecule has 1 unspecified atom stereocenters. The van der Waals surface area contributed by atoms with Crippen molar-refractivity contribution in [2.24, 2.45) is 0 Å². The van der Waals surface area contributed by atoms with E-state index in [1.165, 1.54) is 0 Å². The summed E-state index contributed by atoms with van der Waals surface area (Å²) in [4.78, 5) is 18.1. The van der Waals surface area contributed by atoms with E-state index in [-0.39, 0.29) is 18.7 Å². The first kappa shape index (κ1) is 21.3.